The molecule has 0 aliphatic carbocycles. The Morgan fingerprint density at radius 2 is 2.06 bits per heavy atom. The summed E-state index contributed by atoms with van der Waals surface area (Å²) >= 11 is 0. The molecule has 2 aromatic heterocycles. The Morgan fingerprint density at radius 3 is 2.83 bits per heavy atom. The smallest absolute Gasteiger partial charge is 0.0771 e. The fraction of sp³-hybridized carbons (Fsp3) is 0.0769. The molecule has 5 nitrogen and oxygen atoms in total. The summed E-state index contributed by atoms with van der Waals surface area (Å²) < 4.78 is 1.74. The van der Waals surface area contributed by atoms with Gasteiger partial charge in [-0.1, -0.05) is 18.2 Å². The molecule has 18 heavy (non-hydrogen) atoms. The summed E-state index contributed by atoms with van der Waals surface area (Å²) in [6.07, 6.45) is 5.32. The summed E-state index contributed by atoms with van der Waals surface area (Å²) in [5.41, 5.74) is 9.30. The lowest BCUT2D eigenvalue weighted by atomic mass is 10.1. The SMILES string of the molecule is Cn1cc(Nc2c(N)cnc3ccccc23)cn1. The third kappa shape index (κ3) is 1.75. The van der Waals surface area contributed by atoms with E-state index in [2.05, 4.69) is 15.4 Å². The van der Waals surface area contributed by atoms with Gasteiger partial charge in [-0.2, -0.15) is 5.10 Å². The van der Waals surface area contributed by atoms with Crippen LogP contribution in [0.3, 0.4) is 0 Å². The number of rotatable bonds is 2. The molecular formula is C13H13N5. The number of hydrogen-bond donors (Lipinski definition) is 2. The highest BCUT2D eigenvalue weighted by Crippen LogP contribution is 2.30. The van der Waals surface area contributed by atoms with Crippen LogP contribution in [0, 0.1) is 0 Å². The van der Waals surface area contributed by atoms with Gasteiger partial charge in [-0.15, -0.1) is 0 Å². The third-order valence-corrected chi connectivity index (χ3v) is 2.78. The fourth-order valence-electron chi connectivity index (χ4n) is 1.93. The number of benzene rings is 1. The van der Waals surface area contributed by atoms with Gasteiger partial charge in [-0.05, 0) is 6.07 Å². The van der Waals surface area contributed by atoms with E-state index in [9.17, 15) is 0 Å². The molecule has 90 valence electrons. The van der Waals surface area contributed by atoms with Crippen LogP contribution in [0.4, 0.5) is 17.1 Å². The molecule has 0 amide bonds. The molecule has 0 unspecified atom stereocenters. The molecule has 0 bridgehead atoms. The van der Waals surface area contributed by atoms with Crippen LogP contribution >= 0.6 is 0 Å². The van der Waals surface area contributed by atoms with Gasteiger partial charge in [0, 0.05) is 18.6 Å². The maximum Gasteiger partial charge on any atom is 0.0771 e. The number of aromatic nitrogens is 3. The molecule has 0 spiro atoms. The van der Waals surface area contributed by atoms with E-state index in [1.165, 1.54) is 0 Å². The van der Waals surface area contributed by atoms with Crippen molar-refractivity contribution in [3.63, 3.8) is 0 Å². The highest BCUT2D eigenvalue weighted by atomic mass is 15.3. The second-order valence-electron chi connectivity index (χ2n) is 4.13. The van der Waals surface area contributed by atoms with Crippen LogP contribution in [0.2, 0.25) is 0 Å². The molecule has 3 rings (SSSR count). The van der Waals surface area contributed by atoms with Gasteiger partial charge in [0.05, 0.1) is 35.0 Å². The second-order valence-corrected chi connectivity index (χ2v) is 4.13. The minimum Gasteiger partial charge on any atom is -0.396 e. The van der Waals surface area contributed by atoms with Gasteiger partial charge in [0.2, 0.25) is 0 Å². The Hall–Kier alpha value is -2.56. The van der Waals surface area contributed by atoms with Crippen molar-refractivity contribution in [3.8, 4) is 0 Å². The molecule has 0 aliphatic heterocycles. The molecule has 5 heteroatoms. The van der Waals surface area contributed by atoms with Gasteiger partial charge in [-0.3, -0.25) is 9.67 Å². The zero-order chi connectivity index (χ0) is 12.5. The van der Waals surface area contributed by atoms with Crippen molar-refractivity contribution in [2.45, 2.75) is 0 Å². The Bertz CT molecular complexity index is 701. The largest absolute Gasteiger partial charge is 0.396 e. The average Bonchev–Trinajstić information content (AvgIpc) is 2.79. The number of para-hydroxylation sites is 1. The molecule has 2 heterocycles. The first-order valence-electron chi connectivity index (χ1n) is 5.63. The van der Waals surface area contributed by atoms with Crippen molar-refractivity contribution in [2.75, 3.05) is 11.1 Å². The number of aryl methyl sites for hydroxylation is 1. The van der Waals surface area contributed by atoms with Crippen molar-refractivity contribution in [1.82, 2.24) is 14.8 Å². The van der Waals surface area contributed by atoms with Crippen molar-refractivity contribution >= 4 is 28.0 Å². The molecule has 0 aliphatic rings. The number of nitrogens with one attached hydrogen (secondary N) is 1. The predicted molar refractivity (Wildman–Crippen MR) is 72.6 cm³/mol. The zero-order valence-electron chi connectivity index (χ0n) is 9.96. The molecule has 3 N–H and O–H groups in total. The Balaban J connectivity index is 2.12. The normalized spacial score (nSPS) is 10.7. The van der Waals surface area contributed by atoms with E-state index in [-0.39, 0.29) is 0 Å². The highest BCUT2D eigenvalue weighted by molar-refractivity contribution is 5.98. The summed E-state index contributed by atoms with van der Waals surface area (Å²) in [6, 6.07) is 7.89. The zero-order valence-corrected chi connectivity index (χ0v) is 9.96. The van der Waals surface area contributed by atoms with Gasteiger partial charge >= 0.3 is 0 Å². The monoisotopic (exact) mass is 239 g/mol. The molecule has 0 atom stereocenters. The molecule has 0 saturated heterocycles. The minimum absolute atomic E-state index is 0.623. The molecular weight excluding hydrogens is 226 g/mol. The van der Waals surface area contributed by atoms with E-state index in [1.54, 1.807) is 17.1 Å². The maximum atomic E-state index is 5.99. The van der Waals surface area contributed by atoms with E-state index < -0.39 is 0 Å². The minimum atomic E-state index is 0.623. The van der Waals surface area contributed by atoms with Gasteiger partial charge in [0.1, 0.15) is 0 Å². The number of fused-ring (bicyclic) bond motifs is 1. The number of pyridine rings is 1. The summed E-state index contributed by atoms with van der Waals surface area (Å²) in [7, 11) is 1.87. The number of hydrogen-bond acceptors (Lipinski definition) is 4. The van der Waals surface area contributed by atoms with E-state index in [0.717, 1.165) is 22.3 Å². The van der Waals surface area contributed by atoms with Crippen molar-refractivity contribution in [1.29, 1.82) is 0 Å². The van der Waals surface area contributed by atoms with Crippen LogP contribution in [0.15, 0.2) is 42.9 Å². The van der Waals surface area contributed by atoms with Crippen molar-refractivity contribution in [3.05, 3.63) is 42.9 Å². The molecule has 0 fully saturated rings. The third-order valence-electron chi connectivity index (χ3n) is 2.78. The van der Waals surface area contributed by atoms with Crippen LogP contribution in [-0.4, -0.2) is 14.8 Å². The molecule has 3 aromatic rings. The average molecular weight is 239 g/mol. The van der Waals surface area contributed by atoms with E-state index in [1.807, 2.05) is 37.5 Å². The van der Waals surface area contributed by atoms with Gasteiger partial charge < -0.3 is 11.1 Å². The first-order chi connectivity index (χ1) is 8.74. The van der Waals surface area contributed by atoms with Crippen LogP contribution in [0.5, 0.6) is 0 Å². The summed E-state index contributed by atoms with van der Waals surface area (Å²) in [6.45, 7) is 0. The summed E-state index contributed by atoms with van der Waals surface area (Å²) in [5, 5.41) is 8.41. The van der Waals surface area contributed by atoms with Crippen LogP contribution < -0.4 is 11.1 Å². The van der Waals surface area contributed by atoms with E-state index in [0.29, 0.717) is 5.69 Å². The van der Waals surface area contributed by atoms with Crippen LogP contribution in [0.25, 0.3) is 10.9 Å². The number of nitrogens with two attached hydrogens (primary N) is 1. The Kier molecular flexibility index (Phi) is 2.37. The highest BCUT2D eigenvalue weighted by Gasteiger charge is 2.07. The van der Waals surface area contributed by atoms with E-state index in [4.69, 9.17) is 5.73 Å². The summed E-state index contributed by atoms with van der Waals surface area (Å²) in [5.74, 6) is 0. The quantitative estimate of drug-likeness (QED) is 0.720. The Morgan fingerprint density at radius 1 is 1.22 bits per heavy atom. The van der Waals surface area contributed by atoms with Gasteiger partial charge in [0.15, 0.2) is 0 Å². The number of nitrogens with zero attached hydrogens (tertiary/aromatic N) is 3. The van der Waals surface area contributed by atoms with Crippen molar-refractivity contribution in [2.24, 2.45) is 7.05 Å². The number of nitrogen functional groups attached to an aromatic ring is 1. The standard InChI is InChI=1S/C13H13N5/c1-18-8-9(6-16-18)17-13-10-4-2-3-5-12(10)15-7-11(13)14/h2-8H,14H2,1H3,(H,15,17). The lowest BCUT2D eigenvalue weighted by Gasteiger charge is -2.10. The Labute approximate surface area is 104 Å². The van der Waals surface area contributed by atoms with Gasteiger partial charge in [-0.25, -0.2) is 0 Å². The lowest BCUT2D eigenvalue weighted by molar-refractivity contribution is 0.768. The summed E-state index contributed by atoms with van der Waals surface area (Å²) in [4.78, 5) is 4.30. The van der Waals surface area contributed by atoms with Crippen molar-refractivity contribution < 1.29 is 0 Å². The topological polar surface area (TPSA) is 68.8 Å². The number of anilines is 3. The predicted octanol–water partition coefficient (Wildman–Crippen LogP) is 2.29. The maximum absolute atomic E-state index is 5.99. The fourth-order valence-corrected chi connectivity index (χ4v) is 1.93. The molecule has 0 radical (unpaired) electrons. The van der Waals surface area contributed by atoms with Gasteiger partial charge in [0.25, 0.3) is 0 Å². The first kappa shape index (κ1) is 10.6. The molecule has 0 saturated carbocycles. The second kappa shape index (κ2) is 4.03. The van der Waals surface area contributed by atoms with Crippen LogP contribution in [0.1, 0.15) is 0 Å². The molecule has 1 aromatic carbocycles. The lowest BCUT2D eigenvalue weighted by Crippen LogP contribution is -1.98. The first-order valence-corrected chi connectivity index (χ1v) is 5.63. The van der Waals surface area contributed by atoms with E-state index >= 15 is 0 Å². The van der Waals surface area contributed by atoms with Crippen LogP contribution in [-0.2, 0) is 7.05 Å².